The Balaban J connectivity index is 2.97. The van der Waals surface area contributed by atoms with Crippen LogP contribution in [-0.4, -0.2) is 38.1 Å². The molecule has 0 bridgehead atoms. The van der Waals surface area contributed by atoms with Crippen molar-refractivity contribution in [3.8, 4) is 12.3 Å². The van der Waals surface area contributed by atoms with Gasteiger partial charge in [-0.2, -0.15) is 0 Å². The Kier molecular flexibility index (Phi) is 4.36. The van der Waals surface area contributed by atoms with Crippen LogP contribution < -0.4 is 0 Å². The van der Waals surface area contributed by atoms with Crippen LogP contribution in [0.15, 0.2) is 9.98 Å². The Morgan fingerprint density at radius 1 is 1.25 bits per heavy atom. The van der Waals surface area contributed by atoms with Gasteiger partial charge in [0.1, 0.15) is 12.1 Å². The van der Waals surface area contributed by atoms with Crippen molar-refractivity contribution in [1.29, 1.82) is 0 Å². The lowest BCUT2D eigenvalue weighted by atomic mass is 10.0. The number of terminal acetylenes is 1. The highest BCUT2D eigenvalue weighted by Crippen LogP contribution is 2.18. The third kappa shape index (κ3) is 2.54. The van der Waals surface area contributed by atoms with Gasteiger partial charge in [0.15, 0.2) is 0 Å². The summed E-state index contributed by atoms with van der Waals surface area (Å²) in [6.07, 6.45) is 5.76. The molecule has 0 unspecified atom stereocenters. The molecule has 1 heterocycles. The summed E-state index contributed by atoms with van der Waals surface area (Å²) in [5.74, 6) is 4.11. The van der Waals surface area contributed by atoms with Gasteiger partial charge >= 0.3 is 0 Å². The molecule has 1 aliphatic rings. The molecule has 1 rings (SSSR count). The molecule has 0 aromatic carbocycles. The summed E-state index contributed by atoms with van der Waals surface area (Å²) in [5.41, 5.74) is 0. The summed E-state index contributed by atoms with van der Waals surface area (Å²) >= 11 is 0. The molecule has 4 nitrogen and oxygen atoms in total. The quantitative estimate of drug-likeness (QED) is 0.665. The average Bonchev–Trinajstić information content (AvgIpc) is 2.28. The standard InChI is InChI=1S/C12H18N2O2/c1-6-7-9-11(15-4)14-10(8(2)3)12(13-9)16-5/h1,8-10H,7H2,2-5H3/t9-,10+/m1/s1. The molecule has 1 aliphatic heterocycles. The zero-order valence-electron chi connectivity index (χ0n) is 10.2. The van der Waals surface area contributed by atoms with Gasteiger partial charge in [0.05, 0.1) is 14.2 Å². The smallest absolute Gasteiger partial charge is 0.210 e. The minimum atomic E-state index is -0.208. The van der Waals surface area contributed by atoms with Gasteiger partial charge in [-0.15, -0.1) is 12.3 Å². The van der Waals surface area contributed by atoms with Crippen LogP contribution in [0.3, 0.4) is 0 Å². The lowest BCUT2D eigenvalue weighted by Gasteiger charge is -2.26. The first kappa shape index (κ1) is 12.6. The van der Waals surface area contributed by atoms with E-state index in [2.05, 4.69) is 29.8 Å². The monoisotopic (exact) mass is 222 g/mol. The molecule has 4 heteroatoms. The number of hydrogen-bond acceptors (Lipinski definition) is 4. The van der Waals surface area contributed by atoms with Crippen LogP contribution in [-0.2, 0) is 9.47 Å². The van der Waals surface area contributed by atoms with E-state index in [4.69, 9.17) is 15.9 Å². The largest absolute Gasteiger partial charge is 0.483 e. The summed E-state index contributed by atoms with van der Waals surface area (Å²) in [4.78, 5) is 8.94. The zero-order valence-corrected chi connectivity index (χ0v) is 10.2. The predicted octanol–water partition coefficient (Wildman–Crippen LogP) is 1.51. The Bertz CT molecular complexity index is 339. The average molecular weight is 222 g/mol. The second-order valence-electron chi connectivity index (χ2n) is 3.96. The second kappa shape index (κ2) is 5.55. The normalized spacial score (nSPS) is 24.5. The SMILES string of the molecule is C#CC[C@H]1N=C(OC)[C@H](C(C)C)N=C1OC. The van der Waals surface area contributed by atoms with E-state index in [0.29, 0.717) is 24.1 Å². The molecule has 0 aromatic heterocycles. The Labute approximate surface area is 96.8 Å². The number of ether oxygens (including phenoxy) is 2. The minimum absolute atomic E-state index is 0.0750. The van der Waals surface area contributed by atoms with E-state index < -0.39 is 0 Å². The molecule has 88 valence electrons. The number of aliphatic imine (C=N–C) groups is 2. The van der Waals surface area contributed by atoms with Gasteiger partial charge in [0, 0.05) is 6.42 Å². The van der Waals surface area contributed by atoms with E-state index in [0.717, 1.165) is 0 Å². The van der Waals surface area contributed by atoms with Crippen LogP contribution >= 0.6 is 0 Å². The van der Waals surface area contributed by atoms with Crippen LogP contribution in [0.5, 0.6) is 0 Å². The molecule has 0 N–H and O–H groups in total. The van der Waals surface area contributed by atoms with Gasteiger partial charge in [0.25, 0.3) is 0 Å². The van der Waals surface area contributed by atoms with Crippen LogP contribution in [0.25, 0.3) is 0 Å². The molecular formula is C12H18N2O2. The van der Waals surface area contributed by atoms with Crippen molar-refractivity contribution < 1.29 is 9.47 Å². The number of nitrogens with zero attached hydrogens (tertiary/aromatic N) is 2. The molecule has 0 fully saturated rings. The highest BCUT2D eigenvalue weighted by molar-refractivity contribution is 5.94. The van der Waals surface area contributed by atoms with E-state index >= 15 is 0 Å². The maximum Gasteiger partial charge on any atom is 0.210 e. The molecule has 16 heavy (non-hydrogen) atoms. The molecule has 0 amide bonds. The van der Waals surface area contributed by atoms with E-state index in [1.807, 2.05) is 0 Å². The predicted molar refractivity (Wildman–Crippen MR) is 64.8 cm³/mol. The van der Waals surface area contributed by atoms with E-state index in [9.17, 15) is 0 Å². The topological polar surface area (TPSA) is 43.2 Å². The van der Waals surface area contributed by atoms with E-state index in [-0.39, 0.29) is 12.1 Å². The van der Waals surface area contributed by atoms with Crippen molar-refractivity contribution >= 4 is 11.8 Å². The van der Waals surface area contributed by atoms with Crippen LogP contribution in [0.2, 0.25) is 0 Å². The van der Waals surface area contributed by atoms with Crippen molar-refractivity contribution in [3.05, 3.63) is 0 Å². The summed E-state index contributed by atoms with van der Waals surface area (Å²) in [5, 5.41) is 0. The number of methoxy groups -OCH3 is 2. The highest BCUT2D eigenvalue weighted by Gasteiger charge is 2.30. The third-order valence-electron chi connectivity index (χ3n) is 2.45. The van der Waals surface area contributed by atoms with Crippen molar-refractivity contribution in [3.63, 3.8) is 0 Å². The van der Waals surface area contributed by atoms with Gasteiger partial charge in [-0.05, 0) is 5.92 Å². The Hall–Kier alpha value is -1.50. The Morgan fingerprint density at radius 2 is 1.88 bits per heavy atom. The summed E-state index contributed by atoms with van der Waals surface area (Å²) in [6, 6.07) is -0.283. The lowest BCUT2D eigenvalue weighted by molar-refractivity contribution is 0.333. The maximum atomic E-state index is 5.29. The van der Waals surface area contributed by atoms with Gasteiger partial charge < -0.3 is 9.47 Å². The van der Waals surface area contributed by atoms with Crippen LogP contribution in [0.4, 0.5) is 0 Å². The van der Waals surface area contributed by atoms with Gasteiger partial charge in [-0.25, -0.2) is 9.98 Å². The maximum absolute atomic E-state index is 5.29. The van der Waals surface area contributed by atoms with Crippen LogP contribution in [0.1, 0.15) is 20.3 Å². The summed E-state index contributed by atoms with van der Waals surface area (Å²) in [7, 11) is 3.20. The molecule has 0 saturated heterocycles. The summed E-state index contributed by atoms with van der Waals surface area (Å²) in [6.45, 7) is 4.13. The molecular weight excluding hydrogens is 204 g/mol. The first-order chi connectivity index (χ1) is 7.63. The highest BCUT2D eigenvalue weighted by atomic mass is 16.5. The van der Waals surface area contributed by atoms with Crippen LogP contribution in [0, 0.1) is 18.3 Å². The van der Waals surface area contributed by atoms with Crippen molar-refractivity contribution in [1.82, 2.24) is 0 Å². The minimum Gasteiger partial charge on any atom is -0.483 e. The van der Waals surface area contributed by atoms with Crippen molar-refractivity contribution in [2.75, 3.05) is 14.2 Å². The fraction of sp³-hybridized carbons (Fsp3) is 0.667. The van der Waals surface area contributed by atoms with E-state index in [1.165, 1.54) is 0 Å². The molecule has 0 aromatic rings. The molecule has 0 aliphatic carbocycles. The van der Waals surface area contributed by atoms with Gasteiger partial charge in [0.2, 0.25) is 11.8 Å². The third-order valence-corrected chi connectivity index (χ3v) is 2.45. The second-order valence-corrected chi connectivity index (χ2v) is 3.96. The summed E-state index contributed by atoms with van der Waals surface area (Å²) < 4.78 is 10.5. The number of rotatable bonds is 2. The number of hydrogen-bond donors (Lipinski definition) is 0. The lowest BCUT2D eigenvalue weighted by Crippen LogP contribution is -2.37. The fourth-order valence-corrected chi connectivity index (χ4v) is 1.60. The van der Waals surface area contributed by atoms with Gasteiger partial charge in [-0.3, -0.25) is 0 Å². The molecule has 2 atom stereocenters. The first-order valence-electron chi connectivity index (χ1n) is 5.30. The van der Waals surface area contributed by atoms with Crippen molar-refractivity contribution in [2.24, 2.45) is 15.9 Å². The zero-order chi connectivity index (χ0) is 12.1. The van der Waals surface area contributed by atoms with Crippen molar-refractivity contribution in [2.45, 2.75) is 32.4 Å². The van der Waals surface area contributed by atoms with Gasteiger partial charge in [-0.1, -0.05) is 13.8 Å². The molecule has 0 radical (unpaired) electrons. The Morgan fingerprint density at radius 3 is 2.31 bits per heavy atom. The molecule has 0 spiro atoms. The van der Waals surface area contributed by atoms with E-state index in [1.54, 1.807) is 14.2 Å². The fourth-order valence-electron chi connectivity index (χ4n) is 1.60. The molecule has 0 saturated carbocycles. The first-order valence-corrected chi connectivity index (χ1v) is 5.30.